The molecule has 1 aromatic heterocycles. The Hall–Kier alpha value is -4.07. The summed E-state index contributed by atoms with van der Waals surface area (Å²) in [6.45, 7) is 0. The van der Waals surface area contributed by atoms with Gasteiger partial charge in [-0.05, 0) is 48.5 Å². The summed E-state index contributed by atoms with van der Waals surface area (Å²) in [6.07, 6.45) is 1.32. The summed E-state index contributed by atoms with van der Waals surface area (Å²) in [5.41, 5.74) is 1.12. The number of hydrogen-bond donors (Lipinski definition) is 2. The largest absolute Gasteiger partial charge is 0.465 e. The maximum atomic E-state index is 13.3. The van der Waals surface area contributed by atoms with Crippen LogP contribution in [0.1, 0.15) is 31.2 Å². The van der Waals surface area contributed by atoms with E-state index in [9.17, 15) is 18.8 Å². The molecule has 2 N–H and O–H groups in total. The Morgan fingerprint density at radius 2 is 1.55 bits per heavy atom. The molecule has 0 saturated carbocycles. The van der Waals surface area contributed by atoms with Crippen molar-refractivity contribution in [2.24, 2.45) is 0 Å². The van der Waals surface area contributed by atoms with Crippen molar-refractivity contribution in [3.8, 4) is 0 Å². The van der Waals surface area contributed by atoms with Gasteiger partial charge in [0.15, 0.2) is 0 Å². The SMILES string of the molecule is COC(=O)c1cccc(NC(=O)c2cc(C(=O)Nc3cccc(F)c3)ccn2)c1. The lowest BCUT2D eigenvalue weighted by Crippen LogP contribution is -2.17. The van der Waals surface area contributed by atoms with Crippen LogP contribution in [0.15, 0.2) is 66.9 Å². The molecule has 2 amide bonds. The van der Waals surface area contributed by atoms with Gasteiger partial charge in [-0.2, -0.15) is 0 Å². The van der Waals surface area contributed by atoms with Crippen LogP contribution < -0.4 is 10.6 Å². The number of pyridine rings is 1. The number of halogens is 1. The molecule has 146 valence electrons. The monoisotopic (exact) mass is 393 g/mol. The zero-order valence-electron chi connectivity index (χ0n) is 15.3. The summed E-state index contributed by atoms with van der Waals surface area (Å²) < 4.78 is 17.9. The van der Waals surface area contributed by atoms with E-state index in [4.69, 9.17) is 0 Å². The Kier molecular flexibility index (Phi) is 5.94. The summed E-state index contributed by atoms with van der Waals surface area (Å²) >= 11 is 0. The standard InChI is InChI=1S/C21H16FN3O4/c1-29-21(28)14-4-2-6-16(10-14)25-20(27)18-11-13(8-9-23-18)19(26)24-17-7-3-5-15(22)12-17/h2-12H,1H3,(H,24,26)(H,25,27). The second-order valence-electron chi connectivity index (χ2n) is 5.92. The van der Waals surface area contributed by atoms with Crippen molar-refractivity contribution in [3.05, 3.63) is 89.5 Å². The molecule has 0 radical (unpaired) electrons. The van der Waals surface area contributed by atoms with Crippen LogP contribution in [0.2, 0.25) is 0 Å². The maximum absolute atomic E-state index is 13.3. The lowest BCUT2D eigenvalue weighted by Gasteiger charge is -2.08. The number of nitrogens with one attached hydrogen (secondary N) is 2. The number of benzene rings is 2. The molecule has 0 aliphatic rings. The molecule has 8 heteroatoms. The molecular formula is C21H16FN3O4. The number of carbonyl (C=O) groups excluding carboxylic acids is 3. The van der Waals surface area contributed by atoms with E-state index in [-0.39, 0.29) is 22.5 Å². The molecule has 3 rings (SSSR count). The summed E-state index contributed by atoms with van der Waals surface area (Å²) in [5.74, 6) is -2.09. The number of hydrogen-bond acceptors (Lipinski definition) is 5. The van der Waals surface area contributed by atoms with Gasteiger partial charge in [-0.1, -0.05) is 12.1 Å². The van der Waals surface area contributed by atoms with Gasteiger partial charge in [0.05, 0.1) is 12.7 Å². The minimum atomic E-state index is -0.563. The average Bonchev–Trinajstić information content (AvgIpc) is 2.73. The molecule has 7 nitrogen and oxygen atoms in total. The van der Waals surface area contributed by atoms with Crippen molar-refractivity contribution >= 4 is 29.2 Å². The van der Waals surface area contributed by atoms with E-state index < -0.39 is 23.6 Å². The van der Waals surface area contributed by atoms with Crippen molar-refractivity contribution in [2.45, 2.75) is 0 Å². The zero-order valence-corrected chi connectivity index (χ0v) is 15.3. The van der Waals surface area contributed by atoms with E-state index in [1.807, 2.05) is 0 Å². The number of amides is 2. The third-order valence-corrected chi connectivity index (χ3v) is 3.88. The molecule has 2 aromatic carbocycles. The first-order valence-electron chi connectivity index (χ1n) is 8.49. The average molecular weight is 393 g/mol. The van der Waals surface area contributed by atoms with E-state index >= 15 is 0 Å². The maximum Gasteiger partial charge on any atom is 0.337 e. The second kappa shape index (κ2) is 8.75. The quantitative estimate of drug-likeness (QED) is 0.647. The van der Waals surface area contributed by atoms with Crippen LogP contribution in [0.5, 0.6) is 0 Å². The summed E-state index contributed by atoms with van der Waals surface area (Å²) in [6, 6.07) is 14.4. The fourth-order valence-corrected chi connectivity index (χ4v) is 2.50. The van der Waals surface area contributed by atoms with E-state index in [2.05, 4.69) is 20.4 Å². The van der Waals surface area contributed by atoms with Crippen LogP contribution in [0.4, 0.5) is 15.8 Å². The molecule has 0 fully saturated rings. The highest BCUT2D eigenvalue weighted by Crippen LogP contribution is 2.14. The molecule has 0 saturated heterocycles. The van der Waals surface area contributed by atoms with Gasteiger partial charge in [-0.25, -0.2) is 9.18 Å². The molecule has 3 aromatic rings. The fourth-order valence-electron chi connectivity index (χ4n) is 2.50. The normalized spacial score (nSPS) is 10.1. The highest BCUT2D eigenvalue weighted by molar-refractivity contribution is 6.08. The number of aromatic nitrogens is 1. The minimum Gasteiger partial charge on any atom is -0.465 e. The Balaban J connectivity index is 1.74. The summed E-state index contributed by atoms with van der Waals surface area (Å²) in [5, 5.41) is 5.16. The number of methoxy groups -OCH3 is 1. The van der Waals surface area contributed by atoms with Crippen LogP contribution >= 0.6 is 0 Å². The lowest BCUT2D eigenvalue weighted by molar-refractivity contribution is 0.0600. The molecule has 0 bridgehead atoms. The molecule has 0 aliphatic carbocycles. The van der Waals surface area contributed by atoms with Crippen molar-refractivity contribution in [1.29, 1.82) is 0 Å². The third-order valence-electron chi connectivity index (χ3n) is 3.88. The van der Waals surface area contributed by atoms with Crippen LogP contribution in [-0.2, 0) is 4.74 Å². The van der Waals surface area contributed by atoms with Gasteiger partial charge in [0, 0.05) is 23.1 Å². The lowest BCUT2D eigenvalue weighted by atomic mass is 10.2. The van der Waals surface area contributed by atoms with Gasteiger partial charge in [0.25, 0.3) is 11.8 Å². The smallest absolute Gasteiger partial charge is 0.337 e. The van der Waals surface area contributed by atoms with Gasteiger partial charge in [0.2, 0.25) is 0 Å². The Bertz CT molecular complexity index is 1080. The van der Waals surface area contributed by atoms with Crippen molar-refractivity contribution in [1.82, 2.24) is 4.98 Å². The van der Waals surface area contributed by atoms with Gasteiger partial charge in [-0.3, -0.25) is 14.6 Å². The first-order chi connectivity index (χ1) is 14.0. The first kappa shape index (κ1) is 19.7. The predicted octanol–water partition coefficient (Wildman–Crippen LogP) is 3.51. The molecule has 0 unspecified atom stereocenters. The van der Waals surface area contributed by atoms with Gasteiger partial charge in [0.1, 0.15) is 11.5 Å². The molecule has 0 spiro atoms. The highest BCUT2D eigenvalue weighted by Gasteiger charge is 2.14. The number of carbonyl (C=O) groups is 3. The zero-order chi connectivity index (χ0) is 20.8. The Labute approximate surface area is 165 Å². The molecule has 1 heterocycles. The van der Waals surface area contributed by atoms with Crippen LogP contribution in [-0.4, -0.2) is 29.9 Å². The number of rotatable bonds is 5. The number of anilines is 2. The van der Waals surface area contributed by atoms with E-state index in [0.717, 1.165) is 0 Å². The van der Waals surface area contributed by atoms with Crippen molar-refractivity contribution in [2.75, 3.05) is 17.7 Å². The summed E-state index contributed by atoms with van der Waals surface area (Å²) in [7, 11) is 1.26. The number of nitrogens with zero attached hydrogens (tertiary/aromatic N) is 1. The molecule has 29 heavy (non-hydrogen) atoms. The van der Waals surface area contributed by atoms with Crippen molar-refractivity contribution in [3.63, 3.8) is 0 Å². The topological polar surface area (TPSA) is 97.4 Å². The van der Waals surface area contributed by atoms with E-state index in [1.54, 1.807) is 24.3 Å². The first-order valence-corrected chi connectivity index (χ1v) is 8.49. The minimum absolute atomic E-state index is 0.000336. The Morgan fingerprint density at radius 3 is 2.28 bits per heavy atom. The van der Waals surface area contributed by atoms with Crippen LogP contribution in [0, 0.1) is 5.82 Å². The van der Waals surface area contributed by atoms with Crippen LogP contribution in [0.25, 0.3) is 0 Å². The Morgan fingerprint density at radius 1 is 0.862 bits per heavy atom. The summed E-state index contributed by atoms with van der Waals surface area (Å²) in [4.78, 5) is 40.4. The number of esters is 1. The van der Waals surface area contributed by atoms with Crippen LogP contribution in [0.3, 0.4) is 0 Å². The predicted molar refractivity (Wildman–Crippen MR) is 104 cm³/mol. The van der Waals surface area contributed by atoms with Crippen molar-refractivity contribution < 1.29 is 23.5 Å². The second-order valence-corrected chi connectivity index (χ2v) is 5.92. The highest BCUT2D eigenvalue weighted by atomic mass is 19.1. The van der Waals surface area contributed by atoms with Gasteiger partial charge >= 0.3 is 5.97 Å². The van der Waals surface area contributed by atoms with E-state index in [1.165, 1.54) is 49.7 Å². The molecule has 0 atom stereocenters. The van der Waals surface area contributed by atoms with E-state index in [0.29, 0.717) is 5.69 Å². The fraction of sp³-hybridized carbons (Fsp3) is 0.0476. The van der Waals surface area contributed by atoms with Gasteiger partial charge < -0.3 is 15.4 Å². The number of ether oxygens (including phenoxy) is 1. The van der Waals surface area contributed by atoms with Gasteiger partial charge in [-0.15, -0.1) is 0 Å². The third kappa shape index (κ3) is 5.01. The molecular weight excluding hydrogens is 377 g/mol. The molecule has 0 aliphatic heterocycles.